The van der Waals surface area contributed by atoms with Crippen LogP contribution in [0.3, 0.4) is 0 Å². The van der Waals surface area contributed by atoms with Crippen LogP contribution in [0, 0.1) is 11.6 Å². The first-order chi connectivity index (χ1) is 11.0. The Bertz CT molecular complexity index is 686. The molecule has 23 heavy (non-hydrogen) atoms. The van der Waals surface area contributed by atoms with Crippen molar-refractivity contribution in [2.24, 2.45) is 0 Å². The number of imidazole rings is 1. The van der Waals surface area contributed by atoms with Gasteiger partial charge in [-0.3, -0.25) is 4.90 Å². The lowest BCUT2D eigenvalue weighted by Gasteiger charge is -2.25. The van der Waals surface area contributed by atoms with Gasteiger partial charge < -0.3 is 9.67 Å². The lowest BCUT2D eigenvalue weighted by atomic mass is 10.0. The van der Waals surface area contributed by atoms with Crippen LogP contribution in [0.1, 0.15) is 43.7 Å². The van der Waals surface area contributed by atoms with Gasteiger partial charge in [-0.15, -0.1) is 0 Å². The molecular formula is C17H21F2N3O. The van der Waals surface area contributed by atoms with Gasteiger partial charge in [-0.05, 0) is 38.5 Å². The zero-order chi connectivity index (χ0) is 16.6. The number of aliphatic hydroxyl groups excluding tert-OH is 1. The number of aliphatic hydroxyl groups is 1. The second-order valence-corrected chi connectivity index (χ2v) is 6.35. The van der Waals surface area contributed by atoms with E-state index in [2.05, 4.69) is 18.8 Å². The van der Waals surface area contributed by atoms with Crippen molar-refractivity contribution < 1.29 is 13.9 Å². The van der Waals surface area contributed by atoms with Crippen molar-refractivity contribution in [1.29, 1.82) is 0 Å². The molecule has 3 rings (SSSR count). The second-order valence-electron chi connectivity index (χ2n) is 6.35. The molecule has 1 N–H and O–H groups in total. The second kappa shape index (κ2) is 6.37. The molecule has 0 saturated carbocycles. The minimum atomic E-state index is -0.551. The summed E-state index contributed by atoms with van der Waals surface area (Å²) in [7, 11) is 0. The van der Waals surface area contributed by atoms with Crippen molar-refractivity contribution in [2.45, 2.75) is 45.0 Å². The molecule has 2 unspecified atom stereocenters. The molecule has 1 aromatic carbocycles. The van der Waals surface area contributed by atoms with Gasteiger partial charge in [0.1, 0.15) is 17.5 Å². The zero-order valence-electron chi connectivity index (χ0n) is 13.3. The summed E-state index contributed by atoms with van der Waals surface area (Å²) in [5, 5.41) is 10.0. The molecule has 124 valence electrons. The molecule has 1 aromatic heterocycles. The molecule has 0 bridgehead atoms. The SMILES string of the molecule is CC(C)n1ccnc1CN1CC(O)CC1c1cc(F)ccc1F. The first-order valence-corrected chi connectivity index (χ1v) is 7.84. The number of benzene rings is 1. The van der Waals surface area contributed by atoms with Crippen molar-refractivity contribution in [3.8, 4) is 0 Å². The monoisotopic (exact) mass is 321 g/mol. The highest BCUT2D eigenvalue weighted by Gasteiger charge is 2.34. The number of β-amino-alcohol motifs (C(OH)–C–C–N with tert-alkyl or cyclic N) is 1. The standard InChI is InChI=1S/C17H21F2N3O/c1-11(2)22-6-5-20-17(22)10-21-9-13(23)8-16(21)14-7-12(18)3-4-15(14)19/h3-7,11,13,16,23H,8-10H2,1-2H3. The summed E-state index contributed by atoms with van der Waals surface area (Å²) in [5.74, 6) is -0.0509. The molecule has 0 radical (unpaired) electrons. The molecule has 1 saturated heterocycles. The topological polar surface area (TPSA) is 41.3 Å². The third kappa shape index (κ3) is 3.28. The van der Waals surface area contributed by atoms with Gasteiger partial charge in [-0.25, -0.2) is 13.8 Å². The van der Waals surface area contributed by atoms with Gasteiger partial charge in [0.25, 0.3) is 0 Å². The summed E-state index contributed by atoms with van der Waals surface area (Å²) >= 11 is 0. The minimum Gasteiger partial charge on any atom is -0.392 e. The van der Waals surface area contributed by atoms with Crippen molar-refractivity contribution >= 4 is 0 Å². The van der Waals surface area contributed by atoms with Crippen molar-refractivity contribution in [3.05, 3.63) is 53.6 Å². The summed E-state index contributed by atoms with van der Waals surface area (Å²) in [4.78, 5) is 6.33. The van der Waals surface area contributed by atoms with Crippen molar-refractivity contribution in [1.82, 2.24) is 14.5 Å². The van der Waals surface area contributed by atoms with Crippen LogP contribution in [-0.2, 0) is 6.54 Å². The number of rotatable bonds is 4. The van der Waals surface area contributed by atoms with Gasteiger partial charge in [0, 0.05) is 36.6 Å². The molecule has 6 heteroatoms. The van der Waals surface area contributed by atoms with E-state index in [4.69, 9.17) is 0 Å². The first-order valence-electron chi connectivity index (χ1n) is 7.84. The van der Waals surface area contributed by atoms with Gasteiger partial charge in [0.15, 0.2) is 0 Å². The van der Waals surface area contributed by atoms with Crippen molar-refractivity contribution in [3.63, 3.8) is 0 Å². The Morgan fingerprint density at radius 1 is 1.35 bits per heavy atom. The molecule has 1 fully saturated rings. The summed E-state index contributed by atoms with van der Waals surface area (Å²) in [6, 6.07) is 3.39. The van der Waals surface area contributed by atoms with Gasteiger partial charge in [-0.2, -0.15) is 0 Å². The van der Waals surface area contributed by atoms with E-state index in [-0.39, 0.29) is 12.1 Å². The van der Waals surface area contributed by atoms with Crippen LogP contribution in [0.2, 0.25) is 0 Å². The highest BCUT2D eigenvalue weighted by molar-refractivity contribution is 5.24. The molecule has 4 nitrogen and oxygen atoms in total. The Kier molecular flexibility index (Phi) is 4.46. The smallest absolute Gasteiger partial charge is 0.128 e. The fourth-order valence-corrected chi connectivity index (χ4v) is 3.27. The number of hydrogen-bond donors (Lipinski definition) is 1. The summed E-state index contributed by atoms with van der Waals surface area (Å²) in [6.45, 7) is 5.04. The quantitative estimate of drug-likeness (QED) is 0.941. The normalized spacial score (nSPS) is 22.2. The Labute approximate surface area is 134 Å². The average Bonchev–Trinajstić information content (AvgIpc) is 3.09. The highest BCUT2D eigenvalue weighted by atomic mass is 19.1. The number of likely N-dealkylation sites (tertiary alicyclic amines) is 1. The van der Waals surface area contributed by atoms with Crippen molar-refractivity contribution in [2.75, 3.05) is 6.54 Å². The van der Waals surface area contributed by atoms with E-state index >= 15 is 0 Å². The van der Waals surface area contributed by atoms with E-state index in [1.807, 2.05) is 15.7 Å². The Morgan fingerprint density at radius 2 is 2.13 bits per heavy atom. The Morgan fingerprint density at radius 3 is 2.87 bits per heavy atom. The Balaban J connectivity index is 1.88. The third-order valence-corrected chi connectivity index (χ3v) is 4.35. The molecule has 0 spiro atoms. The summed E-state index contributed by atoms with van der Waals surface area (Å²) in [5.41, 5.74) is 0.296. The molecule has 1 aliphatic heterocycles. The van der Waals surface area contributed by atoms with E-state index in [1.54, 1.807) is 6.20 Å². The maximum atomic E-state index is 14.1. The van der Waals surface area contributed by atoms with E-state index < -0.39 is 17.7 Å². The lowest BCUT2D eigenvalue weighted by molar-refractivity contribution is 0.170. The summed E-state index contributed by atoms with van der Waals surface area (Å²) < 4.78 is 29.7. The number of halogens is 2. The predicted octanol–water partition coefficient (Wildman–Crippen LogP) is 3.05. The maximum Gasteiger partial charge on any atom is 0.128 e. The van der Waals surface area contributed by atoms with Crippen LogP contribution < -0.4 is 0 Å². The predicted molar refractivity (Wildman–Crippen MR) is 82.7 cm³/mol. The average molecular weight is 321 g/mol. The number of nitrogens with zero attached hydrogens (tertiary/aromatic N) is 3. The van der Waals surface area contributed by atoms with Gasteiger partial charge >= 0.3 is 0 Å². The van der Waals surface area contributed by atoms with Gasteiger partial charge in [0.05, 0.1) is 12.6 Å². The van der Waals surface area contributed by atoms with E-state index in [1.165, 1.54) is 6.07 Å². The fourth-order valence-electron chi connectivity index (χ4n) is 3.27. The van der Waals surface area contributed by atoms with E-state index in [9.17, 15) is 13.9 Å². The highest BCUT2D eigenvalue weighted by Crippen LogP contribution is 2.35. The van der Waals surface area contributed by atoms with Crippen LogP contribution in [0.25, 0.3) is 0 Å². The maximum absolute atomic E-state index is 14.1. The molecule has 0 amide bonds. The fraction of sp³-hybridized carbons (Fsp3) is 0.471. The van der Waals surface area contributed by atoms with Gasteiger partial charge in [0.2, 0.25) is 0 Å². The largest absolute Gasteiger partial charge is 0.392 e. The molecule has 2 aromatic rings. The van der Waals surface area contributed by atoms with Crippen LogP contribution in [-0.4, -0.2) is 32.2 Å². The van der Waals surface area contributed by atoms with Crippen LogP contribution >= 0.6 is 0 Å². The van der Waals surface area contributed by atoms with Crippen LogP contribution in [0.15, 0.2) is 30.6 Å². The number of aromatic nitrogens is 2. The first kappa shape index (κ1) is 16.1. The lowest BCUT2D eigenvalue weighted by Crippen LogP contribution is -2.27. The van der Waals surface area contributed by atoms with E-state index in [0.29, 0.717) is 25.1 Å². The molecule has 1 aliphatic rings. The third-order valence-electron chi connectivity index (χ3n) is 4.35. The minimum absolute atomic E-state index is 0.268. The molecule has 0 aliphatic carbocycles. The van der Waals surface area contributed by atoms with E-state index in [0.717, 1.165) is 18.0 Å². The number of hydrogen-bond acceptors (Lipinski definition) is 3. The summed E-state index contributed by atoms with van der Waals surface area (Å²) in [6.07, 6.45) is 3.48. The van der Waals surface area contributed by atoms with Crippen LogP contribution in [0.5, 0.6) is 0 Å². The zero-order valence-corrected chi connectivity index (χ0v) is 13.3. The van der Waals surface area contributed by atoms with Crippen LogP contribution in [0.4, 0.5) is 8.78 Å². The Hall–Kier alpha value is -1.79. The molecule has 2 atom stereocenters. The van der Waals surface area contributed by atoms with Gasteiger partial charge in [-0.1, -0.05) is 0 Å². The molecular weight excluding hydrogens is 300 g/mol. The molecule has 2 heterocycles.